The van der Waals surface area contributed by atoms with Gasteiger partial charge in [0.2, 0.25) is 0 Å². The first-order valence-corrected chi connectivity index (χ1v) is 7.55. The summed E-state index contributed by atoms with van der Waals surface area (Å²) in [5, 5.41) is 12.9. The minimum Gasteiger partial charge on any atom is -0.449 e. The predicted octanol–water partition coefficient (Wildman–Crippen LogP) is 3.32. The van der Waals surface area contributed by atoms with Crippen LogP contribution in [-0.2, 0) is 14.3 Å². The molecule has 134 valence electrons. The van der Waals surface area contributed by atoms with Crippen molar-refractivity contribution in [3.05, 3.63) is 76.1 Å². The molecule has 7 nitrogen and oxygen atoms in total. The molecule has 0 aromatic heterocycles. The quantitative estimate of drug-likeness (QED) is 0.370. The smallest absolute Gasteiger partial charge is 0.331 e. The molecule has 8 heteroatoms. The number of carbonyl (C=O) groups is 2. The number of halogens is 1. The molecule has 0 aliphatic heterocycles. The molecule has 0 saturated heterocycles. The van der Waals surface area contributed by atoms with Gasteiger partial charge >= 0.3 is 5.97 Å². The van der Waals surface area contributed by atoms with E-state index in [0.29, 0.717) is 5.56 Å². The highest BCUT2D eigenvalue weighted by atomic mass is 19.1. The topological polar surface area (TPSA) is 98.5 Å². The lowest BCUT2D eigenvalue weighted by molar-refractivity contribution is -0.384. The van der Waals surface area contributed by atoms with Crippen LogP contribution in [0.15, 0.2) is 54.6 Å². The molecule has 0 saturated carbocycles. The highest BCUT2D eigenvalue weighted by molar-refractivity contribution is 5.96. The molecule has 0 bridgehead atoms. The second-order valence-corrected chi connectivity index (χ2v) is 5.23. The van der Waals surface area contributed by atoms with E-state index in [1.807, 2.05) is 0 Å². The summed E-state index contributed by atoms with van der Waals surface area (Å²) in [7, 11) is 0. The Balaban J connectivity index is 1.90. The molecule has 1 N–H and O–H groups in total. The van der Waals surface area contributed by atoms with Crippen molar-refractivity contribution in [2.45, 2.75) is 13.0 Å². The lowest BCUT2D eigenvalue weighted by Gasteiger charge is -2.12. The van der Waals surface area contributed by atoms with Crippen molar-refractivity contribution < 1.29 is 23.6 Å². The van der Waals surface area contributed by atoms with Gasteiger partial charge in [0.15, 0.2) is 6.10 Å². The fraction of sp³-hybridized carbons (Fsp3) is 0.111. The number of amides is 1. The van der Waals surface area contributed by atoms with Crippen molar-refractivity contribution in [3.63, 3.8) is 0 Å². The van der Waals surface area contributed by atoms with E-state index in [1.165, 1.54) is 55.5 Å². The Morgan fingerprint density at radius 2 is 1.85 bits per heavy atom. The van der Waals surface area contributed by atoms with Gasteiger partial charge in [-0.05, 0) is 42.8 Å². The molecule has 2 rings (SSSR count). The van der Waals surface area contributed by atoms with Crippen LogP contribution in [0.4, 0.5) is 15.8 Å². The van der Waals surface area contributed by atoms with Crippen LogP contribution in [0, 0.1) is 15.9 Å². The van der Waals surface area contributed by atoms with Gasteiger partial charge < -0.3 is 10.1 Å². The van der Waals surface area contributed by atoms with E-state index in [2.05, 4.69) is 5.32 Å². The predicted molar refractivity (Wildman–Crippen MR) is 92.7 cm³/mol. The maximum atomic E-state index is 13.5. The molecular weight excluding hydrogens is 343 g/mol. The summed E-state index contributed by atoms with van der Waals surface area (Å²) < 4.78 is 18.4. The normalized spacial score (nSPS) is 11.8. The molecule has 0 aliphatic rings. The zero-order valence-electron chi connectivity index (χ0n) is 13.7. The molecule has 0 fully saturated rings. The third-order valence-corrected chi connectivity index (χ3v) is 3.31. The van der Waals surface area contributed by atoms with Gasteiger partial charge in [-0.1, -0.05) is 12.1 Å². The van der Waals surface area contributed by atoms with Crippen molar-refractivity contribution >= 4 is 29.3 Å². The Bertz CT molecular complexity index is 849. The van der Waals surface area contributed by atoms with E-state index in [1.54, 1.807) is 6.07 Å². The maximum absolute atomic E-state index is 13.5. The summed E-state index contributed by atoms with van der Waals surface area (Å²) >= 11 is 0. The number of nitrogens with zero attached hydrogens (tertiary/aromatic N) is 1. The average Bonchev–Trinajstić information content (AvgIpc) is 2.62. The van der Waals surface area contributed by atoms with Crippen LogP contribution in [0.1, 0.15) is 12.5 Å². The number of nitrogens with one attached hydrogen (secondary N) is 1. The number of rotatable bonds is 6. The van der Waals surface area contributed by atoms with Crippen molar-refractivity contribution in [1.29, 1.82) is 0 Å². The number of hydrogen-bond donors (Lipinski definition) is 1. The summed E-state index contributed by atoms with van der Waals surface area (Å²) in [4.78, 5) is 33.7. The Kier molecular flexibility index (Phi) is 6.15. The van der Waals surface area contributed by atoms with Gasteiger partial charge in [-0.25, -0.2) is 9.18 Å². The molecule has 2 aromatic carbocycles. The number of benzene rings is 2. The number of anilines is 1. The SMILES string of the molecule is CC(OC(=O)/C=C/c1ccc([N+](=O)[O-])cc1)C(=O)Nc1ccccc1F. The van der Waals surface area contributed by atoms with E-state index in [0.717, 1.165) is 6.08 Å². The number of esters is 1. The Hall–Kier alpha value is -3.55. The molecular formula is C18H15FN2O5. The monoisotopic (exact) mass is 358 g/mol. The number of hydrogen-bond acceptors (Lipinski definition) is 5. The van der Waals surface area contributed by atoms with Crippen molar-refractivity contribution in [1.82, 2.24) is 0 Å². The van der Waals surface area contributed by atoms with Crippen molar-refractivity contribution in [3.8, 4) is 0 Å². The van der Waals surface area contributed by atoms with Crippen LogP contribution in [0.2, 0.25) is 0 Å². The summed E-state index contributed by atoms with van der Waals surface area (Å²) in [5.74, 6) is -2.05. The highest BCUT2D eigenvalue weighted by Gasteiger charge is 2.17. The zero-order valence-corrected chi connectivity index (χ0v) is 13.7. The van der Waals surface area contributed by atoms with Gasteiger partial charge in [0.1, 0.15) is 5.82 Å². The third-order valence-electron chi connectivity index (χ3n) is 3.31. The van der Waals surface area contributed by atoms with Gasteiger partial charge in [-0.3, -0.25) is 14.9 Å². The third kappa shape index (κ3) is 5.23. The molecule has 1 amide bonds. The van der Waals surface area contributed by atoms with Crippen LogP contribution >= 0.6 is 0 Å². The van der Waals surface area contributed by atoms with Crippen molar-refractivity contribution in [2.24, 2.45) is 0 Å². The molecule has 2 aromatic rings. The first kappa shape index (κ1) is 18.8. The number of non-ortho nitro benzene ring substituents is 1. The van der Waals surface area contributed by atoms with E-state index in [9.17, 15) is 24.1 Å². The Morgan fingerprint density at radius 3 is 2.46 bits per heavy atom. The fourth-order valence-corrected chi connectivity index (χ4v) is 1.94. The van der Waals surface area contributed by atoms with Crippen LogP contribution in [-0.4, -0.2) is 22.9 Å². The van der Waals surface area contributed by atoms with E-state index in [-0.39, 0.29) is 11.4 Å². The molecule has 1 unspecified atom stereocenters. The van der Waals surface area contributed by atoms with Crippen LogP contribution in [0.3, 0.4) is 0 Å². The van der Waals surface area contributed by atoms with Gasteiger partial charge in [0.25, 0.3) is 11.6 Å². The van der Waals surface area contributed by atoms with E-state index >= 15 is 0 Å². The second-order valence-electron chi connectivity index (χ2n) is 5.23. The van der Waals surface area contributed by atoms with Gasteiger partial charge in [-0.2, -0.15) is 0 Å². The first-order valence-electron chi connectivity index (χ1n) is 7.55. The lowest BCUT2D eigenvalue weighted by atomic mass is 10.2. The van der Waals surface area contributed by atoms with E-state index < -0.39 is 28.7 Å². The molecule has 1 atom stereocenters. The number of nitro groups is 1. The Labute approximate surface area is 148 Å². The molecule has 0 heterocycles. The van der Waals surface area contributed by atoms with Gasteiger partial charge in [0, 0.05) is 18.2 Å². The minimum atomic E-state index is -1.14. The number of carbonyl (C=O) groups excluding carboxylic acids is 2. The summed E-state index contributed by atoms with van der Waals surface area (Å²) in [6.07, 6.45) is 1.35. The fourth-order valence-electron chi connectivity index (χ4n) is 1.94. The van der Waals surface area contributed by atoms with Gasteiger partial charge in [-0.15, -0.1) is 0 Å². The minimum absolute atomic E-state index is 0.0122. The van der Waals surface area contributed by atoms with Gasteiger partial charge in [0.05, 0.1) is 10.6 Å². The maximum Gasteiger partial charge on any atom is 0.331 e. The lowest BCUT2D eigenvalue weighted by Crippen LogP contribution is -2.29. The number of ether oxygens (including phenoxy) is 1. The Morgan fingerprint density at radius 1 is 1.19 bits per heavy atom. The van der Waals surface area contributed by atoms with E-state index in [4.69, 9.17) is 4.74 Å². The first-order chi connectivity index (χ1) is 12.4. The second kappa shape index (κ2) is 8.52. The summed E-state index contributed by atoms with van der Waals surface area (Å²) in [6, 6.07) is 11.2. The number of para-hydroxylation sites is 1. The molecule has 0 aliphatic carbocycles. The molecule has 0 radical (unpaired) electrons. The summed E-state index contributed by atoms with van der Waals surface area (Å²) in [6.45, 7) is 1.35. The largest absolute Gasteiger partial charge is 0.449 e. The number of nitro benzene ring substituents is 1. The van der Waals surface area contributed by atoms with Crippen molar-refractivity contribution in [2.75, 3.05) is 5.32 Å². The molecule has 0 spiro atoms. The zero-order chi connectivity index (χ0) is 19.1. The molecule has 26 heavy (non-hydrogen) atoms. The van der Waals surface area contributed by atoms with Crippen LogP contribution in [0.5, 0.6) is 0 Å². The van der Waals surface area contributed by atoms with Crippen LogP contribution in [0.25, 0.3) is 6.08 Å². The summed E-state index contributed by atoms with van der Waals surface area (Å²) in [5.41, 5.74) is 0.473. The standard InChI is InChI=1S/C18H15FN2O5/c1-12(18(23)20-16-5-3-2-4-15(16)19)26-17(22)11-8-13-6-9-14(10-7-13)21(24)25/h2-12H,1H3,(H,20,23)/b11-8+. The average molecular weight is 358 g/mol. The highest BCUT2D eigenvalue weighted by Crippen LogP contribution is 2.14. The van der Waals surface area contributed by atoms with Crippen LogP contribution < -0.4 is 5.32 Å².